The Balaban J connectivity index is 1.28. The van der Waals surface area contributed by atoms with Crippen LogP contribution in [0.4, 0.5) is 0 Å². The molecule has 0 spiro atoms. The van der Waals surface area contributed by atoms with Crippen LogP contribution in [0.25, 0.3) is 10.8 Å². The van der Waals surface area contributed by atoms with E-state index in [0.29, 0.717) is 19.8 Å². The molecule has 5 nitrogen and oxygen atoms in total. The Morgan fingerprint density at radius 1 is 1.00 bits per heavy atom. The first-order chi connectivity index (χ1) is 14.2. The fourth-order valence-corrected chi connectivity index (χ4v) is 4.13. The van der Waals surface area contributed by atoms with Crippen LogP contribution in [0, 0.1) is 5.92 Å². The highest BCUT2D eigenvalue weighted by Gasteiger charge is 2.44. The molecule has 0 saturated heterocycles. The molecule has 0 radical (unpaired) electrons. The maximum absolute atomic E-state index is 12.9. The van der Waals surface area contributed by atoms with Crippen LogP contribution in [0.5, 0.6) is 11.5 Å². The molecular weight excluding hydrogens is 364 g/mol. The van der Waals surface area contributed by atoms with Gasteiger partial charge in [0, 0.05) is 12.5 Å². The number of ether oxygens (including phenoxy) is 2. The molecule has 0 bridgehead atoms. The molecule has 2 aliphatic rings. The summed E-state index contributed by atoms with van der Waals surface area (Å²) in [5.74, 6) is 1.82. The standard InChI is InChI=1S/C24H24N2O3/c25-14-21(18-6-5-15-3-1-2-4-16(15)11-18)26-24(27)20-13-19(20)17-7-8-22-23(12-17)29-10-9-28-22/h1-8,11-12,19-21H,9-10,13-14,25H2,(H,26,27). The maximum atomic E-state index is 12.9. The van der Waals surface area contributed by atoms with Crippen LogP contribution in [0.2, 0.25) is 0 Å². The number of amides is 1. The van der Waals surface area contributed by atoms with Crippen molar-refractivity contribution in [3.8, 4) is 11.5 Å². The Morgan fingerprint density at radius 3 is 2.62 bits per heavy atom. The minimum Gasteiger partial charge on any atom is -0.486 e. The molecule has 3 unspecified atom stereocenters. The average molecular weight is 388 g/mol. The van der Waals surface area contributed by atoms with E-state index in [-0.39, 0.29) is 23.8 Å². The summed E-state index contributed by atoms with van der Waals surface area (Å²) >= 11 is 0. The molecule has 3 aromatic carbocycles. The van der Waals surface area contributed by atoms with E-state index in [1.165, 1.54) is 5.39 Å². The van der Waals surface area contributed by atoms with Crippen molar-refractivity contribution < 1.29 is 14.3 Å². The van der Waals surface area contributed by atoms with Crippen LogP contribution in [0.15, 0.2) is 60.7 Å². The summed E-state index contributed by atoms with van der Waals surface area (Å²) in [6.45, 7) is 1.51. The van der Waals surface area contributed by atoms with Gasteiger partial charge in [-0.1, -0.05) is 42.5 Å². The van der Waals surface area contributed by atoms with Gasteiger partial charge in [0.15, 0.2) is 11.5 Å². The molecule has 1 aliphatic carbocycles. The van der Waals surface area contributed by atoms with Crippen LogP contribution in [0.1, 0.15) is 29.5 Å². The summed E-state index contributed by atoms with van der Waals surface area (Å²) in [6, 6.07) is 20.2. The Kier molecular flexibility index (Phi) is 4.60. The number of rotatable bonds is 5. The number of nitrogens with two attached hydrogens (primary N) is 1. The lowest BCUT2D eigenvalue weighted by Gasteiger charge is -2.19. The van der Waals surface area contributed by atoms with E-state index in [9.17, 15) is 4.79 Å². The van der Waals surface area contributed by atoms with Gasteiger partial charge in [-0.15, -0.1) is 0 Å². The molecule has 5 heteroatoms. The summed E-state index contributed by atoms with van der Waals surface area (Å²) in [7, 11) is 0. The molecule has 29 heavy (non-hydrogen) atoms. The third kappa shape index (κ3) is 3.54. The fourth-order valence-electron chi connectivity index (χ4n) is 4.13. The molecule has 1 amide bonds. The van der Waals surface area contributed by atoms with Gasteiger partial charge in [-0.3, -0.25) is 4.79 Å². The second-order valence-electron chi connectivity index (χ2n) is 7.76. The second kappa shape index (κ2) is 7.41. The fraction of sp³-hybridized carbons (Fsp3) is 0.292. The predicted octanol–water partition coefficient (Wildman–Crippen LogP) is 3.53. The van der Waals surface area contributed by atoms with Gasteiger partial charge in [0.1, 0.15) is 13.2 Å². The van der Waals surface area contributed by atoms with Gasteiger partial charge >= 0.3 is 0 Å². The number of fused-ring (bicyclic) bond motifs is 2. The zero-order valence-electron chi connectivity index (χ0n) is 16.1. The van der Waals surface area contributed by atoms with E-state index < -0.39 is 0 Å². The van der Waals surface area contributed by atoms with Gasteiger partial charge in [-0.2, -0.15) is 0 Å². The van der Waals surface area contributed by atoms with Crippen molar-refractivity contribution in [2.24, 2.45) is 11.7 Å². The molecule has 1 fully saturated rings. The number of benzene rings is 3. The minimum absolute atomic E-state index is 0.0212. The van der Waals surface area contributed by atoms with Gasteiger partial charge in [0.05, 0.1) is 6.04 Å². The van der Waals surface area contributed by atoms with E-state index in [0.717, 1.165) is 34.4 Å². The molecule has 1 saturated carbocycles. The van der Waals surface area contributed by atoms with Gasteiger partial charge < -0.3 is 20.5 Å². The van der Waals surface area contributed by atoms with Crippen molar-refractivity contribution in [2.75, 3.05) is 19.8 Å². The Morgan fingerprint density at radius 2 is 1.79 bits per heavy atom. The zero-order chi connectivity index (χ0) is 19.8. The second-order valence-corrected chi connectivity index (χ2v) is 7.76. The van der Waals surface area contributed by atoms with Crippen molar-refractivity contribution in [1.29, 1.82) is 0 Å². The van der Waals surface area contributed by atoms with E-state index in [1.807, 2.05) is 36.4 Å². The largest absolute Gasteiger partial charge is 0.486 e. The van der Waals surface area contributed by atoms with Crippen molar-refractivity contribution in [3.05, 3.63) is 71.8 Å². The number of carbonyl (C=O) groups is 1. The van der Waals surface area contributed by atoms with E-state index in [2.05, 4.69) is 29.6 Å². The summed E-state index contributed by atoms with van der Waals surface area (Å²) in [6.07, 6.45) is 0.848. The Labute approximate surface area is 169 Å². The summed E-state index contributed by atoms with van der Waals surface area (Å²) in [5.41, 5.74) is 8.16. The van der Waals surface area contributed by atoms with E-state index in [1.54, 1.807) is 0 Å². The maximum Gasteiger partial charge on any atom is 0.224 e. The molecule has 3 N–H and O–H groups in total. The normalized spacial score (nSPS) is 20.9. The third-order valence-electron chi connectivity index (χ3n) is 5.85. The quantitative estimate of drug-likeness (QED) is 0.701. The van der Waals surface area contributed by atoms with E-state index in [4.69, 9.17) is 15.2 Å². The number of carbonyl (C=O) groups excluding carboxylic acids is 1. The van der Waals surface area contributed by atoms with Gasteiger partial charge in [0.25, 0.3) is 0 Å². The molecule has 3 aromatic rings. The van der Waals surface area contributed by atoms with Crippen molar-refractivity contribution in [3.63, 3.8) is 0 Å². The summed E-state index contributed by atoms with van der Waals surface area (Å²) in [5, 5.41) is 5.48. The van der Waals surface area contributed by atoms with Crippen LogP contribution >= 0.6 is 0 Å². The predicted molar refractivity (Wildman–Crippen MR) is 112 cm³/mol. The van der Waals surface area contributed by atoms with Crippen molar-refractivity contribution >= 4 is 16.7 Å². The highest BCUT2D eigenvalue weighted by molar-refractivity contribution is 5.85. The molecule has 5 rings (SSSR count). The smallest absolute Gasteiger partial charge is 0.224 e. The van der Waals surface area contributed by atoms with Crippen molar-refractivity contribution in [1.82, 2.24) is 5.32 Å². The number of nitrogens with one attached hydrogen (secondary N) is 1. The first-order valence-corrected chi connectivity index (χ1v) is 10.1. The Bertz CT molecular complexity index is 1060. The highest BCUT2D eigenvalue weighted by atomic mass is 16.6. The lowest BCUT2D eigenvalue weighted by molar-refractivity contribution is -0.123. The topological polar surface area (TPSA) is 73.6 Å². The lowest BCUT2D eigenvalue weighted by Crippen LogP contribution is -2.34. The summed E-state index contributed by atoms with van der Waals surface area (Å²) < 4.78 is 11.3. The molecular formula is C24H24N2O3. The van der Waals surface area contributed by atoms with E-state index >= 15 is 0 Å². The van der Waals surface area contributed by atoms with Gasteiger partial charge in [-0.25, -0.2) is 0 Å². The lowest BCUT2D eigenvalue weighted by atomic mass is 10.0. The average Bonchev–Trinajstić information content (AvgIpc) is 3.58. The molecule has 1 heterocycles. The third-order valence-corrected chi connectivity index (χ3v) is 5.85. The number of hydrogen-bond donors (Lipinski definition) is 2. The van der Waals surface area contributed by atoms with Crippen molar-refractivity contribution in [2.45, 2.75) is 18.4 Å². The Hall–Kier alpha value is -3.05. The zero-order valence-corrected chi connectivity index (χ0v) is 16.1. The molecule has 3 atom stereocenters. The SMILES string of the molecule is NCC(NC(=O)C1CC1c1ccc2c(c1)OCCO2)c1ccc2ccccc2c1. The molecule has 1 aliphatic heterocycles. The summed E-state index contributed by atoms with van der Waals surface area (Å²) in [4.78, 5) is 12.9. The van der Waals surface area contributed by atoms with Crippen LogP contribution in [0.3, 0.4) is 0 Å². The highest BCUT2D eigenvalue weighted by Crippen LogP contribution is 2.49. The van der Waals surface area contributed by atoms with Crippen LogP contribution in [-0.2, 0) is 4.79 Å². The van der Waals surface area contributed by atoms with Gasteiger partial charge in [0.2, 0.25) is 5.91 Å². The van der Waals surface area contributed by atoms with Gasteiger partial charge in [-0.05, 0) is 52.4 Å². The minimum atomic E-state index is -0.186. The number of hydrogen-bond acceptors (Lipinski definition) is 4. The molecule has 148 valence electrons. The van der Waals surface area contributed by atoms with Crippen LogP contribution < -0.4 is 20.5 Å². The monoisotopic (exact) mass is 388 g/mol. The van der Waals surface area contributed by atoms with Crippen LogP contribution in [-0.4, -0.2) is 25.7 Å². The first-order valence-electron chi connectivity index (χ1n) is 10.1. The first kappa shape index (κ1) is 18.0. The molecule has 0 aromatic heterocycles.